The van der Waals surface area contributed by atoms with Gasteiger partial charge in [0.15, 0.2) is 0 Å². The molecular weight excluding hydrogens is 667 g/mol. The number of hydrogen-bond acceptors (Lipinski definition) is 0. The Kier molecular flexibility index (Phi) is 6.34. The number of aromatic nitrogens is 3. The molecule has 0 aliphatic rings. The Labute approximate surface area is 317 Å². The molecule has 0 bridgehead atoms. The van der Waals surface area contributed by atoms with Crippen LogP contribution in [0.5, 0.6) is 0 Å². The Morgan fingerprint density at radius 2 is 0.836 bits per heavy atom. The minimum absolute atomic E-state index is 1.15. The first-order valence-electron chi connectivity index (χ1n) is 18.9. The molecule has 0 aliphatic heterocycles. The molecule has 0 spiro atoms. The van der Waals surface area contributed by atoms with Gasteiger partial charge in [0, 0.05) is 54.8 Å². The highest BCUT2D eigenvalue weighted by Gasteiger charge is 2.20. The molecule has 3 heteroatoms. The van der Waals surface area contributed by atoms with E-state index in [1.807, 2.05) is 0 Å². The van der Waals surface area contributed by atoms with Gasteiger partial charge in [0.05, 0.1) is 33.1 Å². The molecule has 0 atom stereocenters. The van der Waals surface area contributed by atoms with E-state index < -0.39 is 0 Å². The molecule has 9 aromatic carbocycles. The van der Waals surface area contributed by atoms with Crippen molar-refractivity contribution in [1.29, 1.82) is 0 Å². The number of rotatable bonds is 4. The highest BCUT2D eigenvalue weighted by Crippen LogP contribution is 2.43. The van der Waals surface area contributed by atoms with Gasteiger partial charge in [-0.2, -0.15) is 0 Å². The predicted molar refractivity (Wildman–Crippen MR) is 232 cm³/mol. The second-order valence-electron chi connectivity index (χ2n) is 14.5. The van der Waals surface area contributed by atoms with Gasteiger partial charge in [-0.15, -0.1) is 0 Å². The van der Waals surface area contributed by atoms with Gasteiger partial charge in [0.25, 0.3) is 0 Å². The molecule has 12 aromatic rings. The number of fused-ring (bicyclic) bond motifs is 11. The van der Waals surface area contributed by atoms with E-state index in [0.29, 0.717) is 0 Å². The van der Waals surface area contributed by atoms with Crippen LogP contribution in [0.2, 0.25) is 0 Å². The minimum atomic E-state index is 1.15. The maximum absolute atomic E-state index is 2.46. The summed E-state index contributed by atoms with van der Waals surface area (Å²) in [6.45, 7) is 0. The van der Waals surface area contributed by atoms with Crippen molar-refractivity contribution in [3.8, 4) is 28.2 Å². The van der Waals surface area contributed by atoms with Crippen molar-refractivity contribution in [2.45, 2.75) is 0 Å². The van der Waals surface area contributed by atoms with Crippen LogP contribution in [0, 0.1) is 0 Å². The van der Waals surface area contributed by atoms with Gasteiger partial charge in [-0.1, -0.05) is 127 Å². The highest BCUT2D eigenvalue weighted by molar-refractivity contribution is 6.20. The summed E-state index contributed by atoms with van der Waals surface area (Å²) in [4.78, 5) is 0. The van der Waals surface area contributed by atoms with Crippen LogP contribution in [0.3, 0.4) is 0 Å². The van der Waals surface area contributed by atoms with Crippen LogP contribution in [0.1, 0.15) is 0 Å². The lowest BCUT2D eigenvalue weighted by molar-refractivity contribution is 1.17. The number of hydrogen-bond donors (Lipinski definition) is 0. The van der Waals surface area contributed by atoms with Crippen LogP contribution in [0.15, 0.2) is 200 Å². The molecule has 0 radical (unpaired) electrons. The minimum Gasteiger partial charge on any atom is -0.309 e. The van der Waals surface area contributed by atoms with Crippen molar-refractivity contribution >= 4 is 76.2 Å². The topological polar surface area (TPSA) is 14.8 Å². The standard InChI is InChI=1S/C52H33N3/c1-3-15-36(16-4-1)53-46-23-11-9-20-41(46)44-32-35(27-30-48(44)53)39-22-13-25-50-51(39)43-21-10-12-24-47(43)54(50)38-28-31-49-45(33-38)42-29-26-34-14-7-8-19-40(34)52(42)55(49)37-17-5-2-6-18-37/h1-33H. The molecule has 0 unspecified atom stereocenters. The lowest BCUT2D eigenvalue weighted by atomic mass is 9.98. The summed E-state index contributed by atoms with van der Waals surface area (Å²) in [7, 11) is 0. The Bertz CT molecular complexity index is 3470. The number of nitrogens with zero attached hydrogens (tertiary/aromatic N) is 3. The summed E-state index contributed by atoms with van der Waals surface area (Å²) in [6.07, 6.45) is 0. The fourth-order valence-electron chi connectivity index (χ4n) is 9.29. The average molecular weight is 700 g/mol. The Morgan fingerprint density at radius 3 is 1.64 bits per heavy atom. The Hall–Kier alpha value is -7.36. The predicted octanol–water partition coefficient (Wildman–Crippen LogP) is 13.8. The van der Waals surface area contributed by atoms with E-state index >= 15 is 0 Å². The van der Waals surface area contributed by atoms with Gasteiger partial charge in [-0.25, -0.2) is 0 Å². The fraction of sp³-hybridized carbons (Fsp3) is 0. The number of benzene rings is 9. The third-order valence-corrected chi connectivity index (χ3v) is 11.6. The second kappa shape index (κ2) is 11.6. The van der Waals surface area contributed by atoms with Crippen LogP contribution in [0.25, 0.3) is 104 Å². The molecule has 0 N–H and O–H groups in total. The summed E-state index contributed by atoms with van der Waals surface area (Å²) in [5.74, 6) is 0. The van der Waals surface area contributed by atoms with Gasteiger partial charge >= 0.3 is 0 Å². The third-order valence-electron chi connectivity index (χ3n) is 11.6. The molecule has 0 aliphatic carbocycles. The maximum Gasteiger partial charge on any atom is 0.0619 e. The van der Waals surface area contributed by atoms with E-state index in [0.717, 1.165) is 11.4 Å². The molecular formula is C52H33N3. The van der Waals surface area contributed by atoms with Gasteiger partial charge in [-0.3, -0.25) is 0 Å². The number of para-hydroxylation sites is 4. The van der Waals surface area contributed by atoms with Crippen molar-refractivity contribution in [3.63, 3.8) is 0 Å². The lowest BCUT2D eigenvalue weighted by Gasteiger charge is -2.11. The molecule has 0 amide bonds. The zero-order valence-corrected chi connectivity index (χ0v) is 29.9. The highest BCUT2D eigenvalue weighted by atomic mass is 15.0. The van der Waals surface area contributed by atoms with Crippen LogP contribution in [-0.2, 0) is 0 Å². The normalized spacial score (nSPS) is 12.0. The maximum atomic E-state index is 2.46. The van der Waals surface area contributed by atoms with Crippen molar-refractivity contribution in [2.24, 2.45) is 0 Å². The second-order valence-corrected chi connectivity index (χ2v) is 14.5. The van der Waals surface area contributed by atoms with E-state index in [2.05, 4.69) is 214 Å². The smallest absolute Gasteiger partial charge is 0.0619 e. The van der Waals surface area contributed by atoms with Gasteiger partial charge in [-0.05, 0) is 89.3 Å². The van der Waals surface area contributed by atoms with Crippen LogP contribution in [0.4, 0.5) is 0 Å². The third kappa shape index (κ3) is 4.32. The summed E-state index contributed by atoms with van der Waals surface area (Å²) in [5.41, 5.74) is 13.2. The van der Waals surface area contributed by atoms with E-state index in [1.54, 1.807) is 0 Å². The molecule has 0 saturated carbocycles. The molecule has 3 aromatic heterocycles. The molecule has 256 valence electrons. The molecule has 55 heavy (non-hydrogen) atoms. The lowest BCUT2D eigenvalue weighted by Crippen LogP contribution is -1.96. The first-order chi connectivity index (χ1) is 27.3. The molecule has 3 heterocycles. The average Bonchev–Trinajstić information content (AvgIpc) is 3.90. The Balaban J connectivity index is 1.11. The van der Waals surface area contributed by atoms with Crippen LogP contribution < -0.4 is 0 Å². The SMILES string of the molecule is c1ccc(-n2c3ccccc3c3cc(-c4cccc5c4c4ccccc4n5-c4ccc5c(c4)c4ccc6ccccc6c4n5-c4ccccc4)ccc32)cc1. The zero-order valence-electron chi connectivity index (χ0n) is 29.9. The van der Waals surface area contributed by atoms with E-state index in [1.165, 1.54) is 93.0 Å². The van der Waals surface area contributed by atoms with Crippen molar-refractivity contribution < 1.29 is 0 Å². The fourth-order valence-corrected chi connectivity index (χ4v) is 9.29. The first-order valence-corrected chi connectivity index (χ1v) is 18.9. The molecule has 0 fully saturated rings. The quantitative estimate of drug-likeness (QED) is 0.174. The molecule has 3 nitrogen and oxygen atoms in total. The van der Waals surface area contributed by atoms with Crippen molar-refractivity contribution in [2.75, 3.05) is 0 Å². The van der Waals surface area contributed by atoms with Crippen LogP contribution >= 0.6 is 0 Å². The van der Waals surface area contributed by atoms with E-state index in [9.17, 15) is 0 Å². The van der Waals surface area contributed by atoms with Crippen molar-refractivity contribution in [3.05, 3.63) is 200 Å². The van der Waals surface area contributed by atoms with Gasteiger partial charge in [0.2, 0.25) is 0 Å². The summed E-state index contributed by atoms with van der Waals surface area (Å²) < 4.78 is 7.28. The molecule has 0 saturated heterocycles. The summed E-state index contributed by atoms with van der Waals surface area (Å²) in [6, 6.07) is 73.2. The van der Waals surface area contributed by atoms with Gasteiger partial charge in [0.1, 0.15) is 0 Å². The summed E-state index contributed by atoms with van der Waals surface area (Å²) in [5, 5.41) is 10.0. The largest absolute Gasteiger partial charge is 0.309 e. The molecule has 12 rings (SSSR count). The van der Waals surface area contributed by atoms with Crippen molar-refractivity contribution in [1.82, 2.24) is 13.7 Å². The van der Waals surface area contributed by atoms with E-state index in [-0.39, 0.29) is 0 Å². The zero-order chi connectivity index (χ0) is 36.0. The van der Waals surface area contributed by atoms with E-state index in [4.69, 9.17) is 0 Å². The monoisotopic (exact) mass is 699 g/mol. The summed E-state index contributed by atoms with van der Waals surface area (Å²) >= 11 is 0. The van der Waals surface area contributed by atoms with Gasteiger partial charge < -0.3 is 13.7 Å². The first kappa shape index (κ1) is 30.1. The van der Waals surface area contributed by atoms with Crippen LogP contribution in [-0.4, -0.2) is 13.7 Å². The Morgan fingerprint density at radius 1 is 0.273 bits per heavy atom.